The van der Waals surface area contributed by atoms with E-state index >= 15 is 0 Å². The van der Waals surface area contributed by atoms with Crippen molar-refractivity contribution in [3.05, 3.63) is 0 Å². The summed E-state index contributed by atoms with van der Waals surface area (Å²) >= 11 is 0. The number of ether oxygens (including phenoxy) is 2. The molecule has 6 rings (SSSR count). The van der Waals surface area contributed by atoms with Gasteiger partial charge in [0.25, 0.3) is 0 Å². The number of fused-ring (bicyclic) bond motifs is 7. The first kappa shape index (κ1) is 22.6. The van der Waals surface area contributed by atoms with Gasteiger partial charge in [-0.1, -0.05) is 27.7 Å². The summed E-state index contributed by atoms with van der Waals surface area (Å²) in [4.78, 5) is 0. The minimum absolute atomic E-state index is 0. The minimum atomic E-state index is -0.282. The van der Waals surface area contributed by atoms with E-state index in [0.717, 1.165) is 49.5 Å². The second-order valence-corrected chi connectivity index (χ2v) is 13.1. The van der Waals surface area contributed by atoms with Gasteiger partial charge >= 0.3 is 0 Å². The first-order valence-corrected chi connectivity index (χ1v) is 13.3. The predicted molar refractivity (Wildman–Crippen MR) is 121 cm³/mol. The second kappa shape index (κ2) is 7.42. The Balaban J connectivity index is 0.00000204. The third-order valence-corrected chi connectivity index (χ3v) is 11.9. The van der Waals surface area contributed by atoms with Crippen LogP contribution in [0, 0.1) is 52.3 Å². The highest BCUT2D eigenvalue weighted by molar-refractivity contribution is 5.15. The summed E-state index contributed by atoms with van der Waals surface area (Å²) in [6, 6.07) is 0. The van der Waals surface area contributed by atoms with Gasteiger partial charge in [-0.05, 0) is 104 Å². The number of aliphatic hydroxyl groups excluding tert-OH is 1. The molecule has 2 aliphatic heterocycles. The summed E-state index contributed by atoms with van der Waals surface area (Å²) in [6.45, 7) is 10.9. The largest absolute Gasteiger partial charge is 0.412 e. The number of rotatable bonds is 0. The summed E-state index contributed by atoms with van der Waals surface area (Å²) < 4.78 is 13.4. The third kappa shape index (κ3) is 3.00. The van der Waals surface area contributed by atoms with E-state index in [2.05, 4.69) is 27.7 Å². The van der Waals surface area contributed by atoms with Crippen LogP contribution in [0.15, 0.2) is 0 Å². The van der Waals surface area contributed by atoms with E-state index in [-0.39, 0.29) is 17.4 Å². The Morgan fingerprint density at radius 2 is 1.61 bits per heavy atom. The van der Waals surface area contributed by atoms with Crippen molar-refractivity contribution in [2.45, 2.75) is 110 Å². The standard InChI is InChI=1S/C27H44O3.H2O/c1-16-7-12-27(29-15-16)17(2)24-23(30-27)14-22-20-6-5-18-13-19(28)8-10-25(18,3)21(20)9-11-26(22,24)4;/h16-24,28H,5-15H2,1-4H3;1H2/t16-,17+,18-,19+,20-,21+,22+,23+,24+,25+,26+,27-;/m1./s1. The van der Waals surface area contributed by atoms with Crippen LogP contribution in [0.3, 0.4) is 0 Å². The van der Waals surface area contributed by atoms with Crippen LogP contribution < -0.4 is 0 Å². The molecule has 0 bridgehead atoms. The van der Waals surface area contributed by atoms with Crippen molar-refractivity contribution in [3.8, 4) is 0 Å². The lowest BCUT2D eigenvalue weighted by molar-refractivity contribution is -0.273. The molecule has 4 saturated carbocycles. The van der Waals surface area contributed by atoms with Gasteiger partial charge in [0.1, 0.15) is 0 Å². The molecule has 2 saturated heterocycles. The zero-order valence-electron chi connectivity index (χ0n) is 20.2. The number of hydrogen-bond acceptors (Lipinski definition) is 3. The van der Waals surface area contributed by atoms with Gasteiger partial charge in [-0.3, -0.25) is 0 Å². The molecule has 4 nitrogen and oxygen atoms in total. The predicted octanol–water partition coefficient (Wildman–Crippen LogP) is 4.97. The summed E-state index contributed by atoms with van der Waals surface area (Å²) in [5, 5.41) is 10.3. The molecular formula is C27H46O4. The van der Waals surface area contributed by atoms with Gasteiger partial charge in [-0.25, -0.2) is 0 Å². The third-order valence-electron chi connectivity index (χ3n) is 11.9. The van der Waals surface area contributed by atoms with Crippen LogP contribution >= 0.6 is 0 Å². The van der Waals surface area contributed by atoms with Crippen molar-refractivity contribution in [2.24, 2.45) is 52.3 Å². The molecule has 0 unspecified atom stereocenters. The fourth-order valence-corrected chi connectivity index (χ4v) is 10.3. The second-order valence-electron chi connectivity index (χ2n) is 13.1. The SMILES string of the molecule is C[C@@H]1CC[C@@]2(OC1)O[C@H]1C[C@H]3[C@@H]4CC[C@@H]5C[C@@H](O)CC[C@]5(C)[C@H]4CC[C@]3(C)[C@H]1[C@@H]2C.O. The summed E-state index contributed by atoms with van der Waals surface area (Å²) in [5.74, 6) is 4.93. The van der Waals surface area contributed by atoms with E-state index in [1.54, 1.807) is 0 Å². The Hall–Kier alpha value is -0.160. The molecule has 1 spiro atoms. The molecule has 0 aromatic rings. The molecule has 12 atom stereocenters. The molecule has 2 heterocycles. The zero-order chi connectivity index (χ0) is 20.9. The molecule has 4 aliphatic carbocycles. The Kier molecular flexibility index (Phi) is 5.41. The quantitative estimate of drug-likeness (QED) is 0.585. The molecule has 4 heteroatoms. The van der Waals surface area contributed by atoms with Gasteiger partial charge in [0, 0.05) is 12.3 Å². The first-order valence-electron chi connectivity index (χ1n) is 13.3. The van der Waals surface area contributed by atoms with Crippen molar-refractivity contribution >= 4 is 0 Å². The van der Waals surface area contributed by atoms with Gasteiger partial charge in [0.2, 0.25) is 0 Å². The molecule has 3 N–H and O–H groups in total. The van der Waals surface area contributed by atoms with Crippen LogP contribution in [-0.4, -0.2) is 35.2 Å². The van der Waals surface area contributed by atoms with Crippen LogP contribution in [-0.2, 0) is 9.47 Å². The van der Waals surface area contributed by atoms with Crippen molar-refractivity contribution in [2.75, 3.05) is 6.61 Å². The normalized spacial score (nSPS) is 60.5. The lowest BCUT2D eigenvalue weighted by Gasteiger charge is -2.61. The molecule has 31 heavy (non-hydrogen) atoms. The average Bonchev–Trinajstić information content (AvgIpc) is 3.16. The van der Waals surface area contributed by atoms with Crippen LogP contribution in [0.5, 0.6) is 0 Å². The first-order chi connectivity index (χ1) is 14.3. The summed E-state index contributed by atoms with van der Waals surface area (Å²) in [6.07, 6.45) is 12.9. The van der Waals surface area contributed by atoms with Crippen molar-refractivity contribution in [1.82, 2.24) is 0 Å². The van der Waals surface area contributed by atoms with Gasteiger partial charge in [0.15, 0.2) is 5.79 Å². The molecular weight excluding hydrogens is 388 g/mol. The highest BCUT2D eigenvalue weighted by atomic mass is 16.7. The van der Waals surface area contributed by atoms with E-state index in [4.69, 9.17) is 9.47 Å². The van der Waals surface area contributed by atoms with Gasteiger partial charge in [-0.2, -0.15) is 0 Å². The topological polar surface area (TPSA) is 70.2 Å². The average molecular weight is 435 g/mol. The Labute approximate surface area is 189 Å². The van der Waals surface area contributed by atoms with E-state index in [1.165, 1.54) is 44.9 Å². The minimum Gasteiger partial charge on any atom is -0.412 e. The monoisotopic (exact) mass is 434 g/mol. The highest BCUT2D eigenvalue weighted by Crippen LogP contribution is 2.71. The number of hydrogen-bond donors (Lipinski definition) is 1. The maximum atomic E-state index is 10.3. The van der Waals surface area contributed by atoms with Crippen molar-refractivity contribution in [3.63, 3.8) is 0 Å². The highest BCUT2D eigenvalue weighted by Gasteiger charge is 2.69. The van der Waals surface area contributed by atoms with Gasteiger partial charge in [-0.15, -0.1) is 0 Å². The smallest absolute Gasteiger partial charge is 0.171 e. The van der Waals surface area contributed by atoms with Crippen molar-refractivity contribution in [1.29, 1.82) is 0 Å². The molecule has 0 amide bonds. The molecule has 0 aromatic carbocycles. The van der Waals surface area contributed by atoms with Crippen LogP contribution in [0.4, 0.5) is 0 Å². The van der Waals surface area contributed by atoms with Crippen LogP contribution in [0.2, 0.25) is 0 Å². The number of aliphatic hydroxyl groups is 1. The van der Waals surface area contributed by atoms with E-state index in [1.807, 2.05) is 0 Å². The fraction of sp³-hybridized carbons (Fsp3) is 1.00. The molecule has 6 fully saturated rings. The Morgan fingerprint density at radius 1 is 0.839 bits per heavy atom. The van der Waals surface area contributed by atoms with E-state index in [0.29, 0.717) is 34.7 Å². The zero-order valence-corrected chi connectivity index (χ0v) is 20.2. The summed E-state index contributed by atoms with van der Waals surface area (Å²) in [5.41, 5.74) is 0.899. The molecule has 6 aliphatic rings. The van der Waals surface area contributed by atoms with Gasteiger partial charge < -0.3 is 20.1 Å². The lowest BCUT2D eigenvalue weighted by Crippen LogP contribution is -2.55. The van der Waals surface area contributed by atoms with E-state index < -0.39 is 0 Å². The molecule has 0 radical (unpaired) electrons. The Bertz CT molecular complexity index is 687. The van der Waals surface area contributed by atoms with Crippen molar-refractivity contribution < 1.29 is 20.1 Å². The summed E-state index contributed by atoms with van der Waals surface area (Å²) in [7, 11) is 0. The molecule has 0 aromatic heterocycles. The lowest BCUT2D eigenvalue weighted by atomic mass is 9.44. The molecule has 178 valence electrons. The van der Waals surface area contributed by atoms with Gasteiger partial charge in [0.05, 0.1) is 18.8 Å². The maximum absolute atomic E-state index is 10.3. The van der Waals surface area contributed by atoms with Crippen LogP contribution in [0.1, 0.15) is 91.9 Å². The maximum Gasteiger partial charge on any atom is 0.171 e. The van der Waals surface area contributed by atoms with E-state index in [9.17, 15) is 5.11 Å². The van der Waals surface area contributed by atoms with Crippen LogP contribution in [0.25, 0.3) is 0 Å². The Morgan fingerprint density at radius 3 is 2.35 bits per heavy atom. The fourth-order valence-electron chi connectivity index (χ4n) is 10.3.